The van der Waals surface area contributed by atoms with Crippen molar-refractivity contribution in [1.29, 1.82) is 0 Å². The molecule has 28 heavy (non-hydrogen) atoms. The van der Waals surface area contributed by atoms with Crippen molar-refractivity contribution in [2.24, 2.45) is 0 Å². The van der Waals surface area contributed by atoms with Crippen LogP contribution < -0.4 is 4.74 Å². The Bertz CT molecular complexity index is 842. The molecule has 6 nitrogen and oxygen atoms in total. The standard InChI is InChI=1S/C19H19Cl2O6P/c20-14-8-17(21)16(6-7-28(25,26)12-15(22)10-19(23)24)18(9-14)27-11-13-4-2-1-3-5-13/h1-5,8-9,25-26H,6-7,10-12H2/p+1. The topological polar surface area (TPSA) is 104 Å². The summed E-state index contributed by atoms with van der Waals surface area (Å²) in [5.41, 5.74) is 1.48. The van der Waals surface area contributed by atoms with Gasteiger partial charge in [0, 0.05) is 22.0 Å². The minimum atomic E-state index is -3.61. The van der Waals surface area contributed by atoms with Crippen molar-refractivity contribution in [3.8, 4) is 5.75 Å². The Morgan fingerprint density at radius 1 is 1.07 bits per heavy atom. The number of benzene rings is 2. The normalized spacial score (nSPS) is 11.3. The SMILES string of the molecule is O=C(O)CC(=O)C[P+](O)(O)CCc1c(Cl)cc(Cl)cc1OCc1ccccc1. The second-order valence-corrected chi connectivity index (χ2v) is 9.62. The summed E-state index contributed by atoms with van der Waals surface area (Å²) < 4.78 is 5.82. The summed E-state index contributed by atoms with van der Waals surface area (Å²) in [5.74, 6) is -1.62. The Balaban J connectivity index is 2.09. The third-order valence-electron chi connectivity index (χ3n) is 3.85. The Hall–Kier alpha value is -1.69. The lowest BCUT2D eigenvalue weighted by atomic mass is 10.1. The monoisotopic (exact) mass is 445 g/mol. The van der Waals surface area contributed by atoms with Gasteiger partial charge in [-0.2, -0.15) is 0 Å². The predicted molar refractivity (Wildman–Crippen MR) is 109 cm³/mol. The number of carbonyl (C=O) groups is 2. The molecule has 0 unspecified atom stereocenters. The lowest BCUT2D eigenvalue weighted by Crippen LogP contribution is -2.16. The second-order valence-electron chi connectivity index (χ2n) is 6.26. The molecular weight excluding hydrogens is 426 g/mol. The van der Waals surface area contributed by atoms with Gasteiger partial charge < -0.3 is 9.84 Å². The van der Waals surface area contributed by atoms with Gasteiger partial charge in [-0.1, -0.05) is 53.5 Å². The van der Waals surface area contributed by atoms with Gasteiger partial charge in [-0.3, -0.25) is 9.59 Å². The van der Waals surface area contributed by atoms with Crippen LogP contribution in [-0.4, -0.2) is 39.0 Å². The van der Waals surface area contributed by atoms with Crippen molar-refractivity contribution < 1.29 is 29.2 Å². The van der Waals surface area contributed by atoms with E-state index in [2.05, 4.69) is 0 Å². The average Bonchev–Trinajstić information content (AvgIpc) is 2.58. The van der Waals surface area contributed by atoms with Crippen molar-refractivity contribution in [2.75, 3.05) is 12.3 Å². The van der Waals surface area contributed by atoms with Crippen LogP contribution in [0.1, 0.15) is 17.5 Å². The summed E-state index contributed by atoms with van der Waals surface area (Å²) in [6, 6.07) is 12.6. The Morgan fingerprint density at radius 2 is 1.75 bits per heavy atom. The third kappa shape index (κ3) is 7.38. The third-order valence-corrected chi connectivity index (χ3v) is 6.21. The zero-order chi connectivity index (χ0) is 20.7. The first-order chi connectivity index (χ1) is 13.2. The highest BCUT2D eigenvalue weighted by atomic mass is 35.5. The van der Waals surface area contributed by atoms with Crippen molar-refractivity contribution in [1.82, 2.24) is 0 Å². The molecule has 150 valence electrons. The molecule has 0 radical (unpaired) electrons. The van der Waals surface area contributed by atoms with Crippen LogP contribution in [0.5, 0.6) is 5.75 Å². The molecule has 0 heterocycles. The van der Waals surface area contributed by atoms with Gasteiger partial charge in [0.05, 0.1) is 0 Å². The number of rotatable bonds is 10. The summed E-state index contributed by atoms with van der Waals surface area (Å²) in [5, 5.41) is 9.31. The molecule has 2 aromatic carbocycles. The summed E-state index contributed by atoms with van der Waals surface area (Å²) in [4.78, 5) is 42.4. The van der Waals surface area contributed by atoms with E-state index in [1.807, 2.05) is 30.3 Å². The zero-order valence-electron chi connectivity index (χ0n) is 14.8. The molecule has 0 aromatic heterocycles. The molecule has 0 saturated carbocycles. The molecule has 0 bridgehead atoms. The molecule has 0 aliphatic rings. The number of hydrogen-bond donors (Lipinski definition) is 3. The van der Waals surface area contributed by atoms with Gasteiger partial charge in [-0.05, 0) is 17.7 Å². The van der Waals surface area contributed by atoms with Crippen molar-refractivity contribution in [2.45, 2.75) is 19.4 Å². The molecule has 0 fully saturated rings. The van der Waals surface area contributed by atoms with Crippen LogP contribution in [0.4, 0.5) is 0 Å². The van der Waals surface area contributed by atoms with E-state index in [1.54, 1.807) is 6.07 Å². The van der Waals surface area contributed by atoms with Crippen LogP contribution >= 0.6 is 30.9 Å². The van der Waals surface area contributed by atoms with E-state index in [0.717, 1.165) is 5.56 Å². The molecule has 0 aliphatic carbocycles. The molecular formula is C19H20Cl2O6P+. The van der Waals surface area contributed by atoms with Gasteiger partial charge in [-0.15, -0.1) is 0 Å². The van der Waals surface area contributed by atoms with Crippen LogP contribution in [0.15, 0.2) is 42.5 Å². The van der Waals surface area contributed by atoms with Crippen LogP contribution in [0.2, 0.25) is 10.0 Å². The first-order valence-corrected chi connectivity index (χ1v) is 11.2. The Morgan fingerprint density at radius 3 is 2.39 bits per heavy atom. The first kappa shape index (κ1) is 22.6. The van der Waals surface area contributed by atoms with Crippen molar-refractivity contribution >= 4 is 42.7 Å². The van der Waals surface area contributed by atoms with Gasteiger partial charge in [0.25, 0.3) is 7.72 Å². The quantitative estimate of drug-likeness (QED) is 0.377. The van der Waals surface area contributed by atoms with Gasteiger partial charge in [0.2, 0.25) is 0 Å². The Labute approximate surface area is 173 Å². The van der Waals surface area contributed by atoms with Crippen LogP contribution in [-0.2, 0) is 22.6 Å². The van der Waals surface area contributed by atoms with Crippen LogP contribution in [0.25, 0.3) is 0 Å². The molecule has 0 atom stereocenters. The number of halogens is 2. The van der Waals surface area contributed by atoms with Gasteiger partial charge in [0.1, 0.15) is 24.9 Å². The van der Waals surface area contributed by atoms with Crippen molar-refractivity contribution in [3.05, 3.63) is 63.6 Å². The highest BCUT2D eigenvalue weighted by molar-refractivity contribution is 7.65. The fourth-order valence-corrected chi connectivity index (χ4v) is 4.55. The first-order valence-electron chi connectivity index (χ1n) is 8.37. The molecule has 2 aromatic rings. The number of Topliss-reactive ketones (excluding diaryl/α,β-unsaturated/α-hetero) is 1. The molecule has 2 rings (SSSR count). The highest BCUT2D eigenvalue weighted by Crippen LogP contribution is 2.51. The molecule has 0 aliphatic heterocycles. The largest absolute Gasteiger partial charge is 0.489 e. The highest BCUT2D eigenvalue weighted by Gasteiger charge is 2.37. The molecule has 0 saturated heterocycles. The van der Waals surface area contributed by atoms with E-state index in [4.69, 9.17) is 33.0 Å². The number of hydrogen-bond acceptors (Lipinski definition) is 5. The zero-order valence-corrected chi connectivity index (χ0v) is 17.3. The summed E-state index contributed by atoms with van der Waals surface area (Å²) in [6.45, 7) is 0.278. The maximum Gasteiger partial charge on any atom is 0.311 e. The Kier molecular flexibility index (Phi) is 8.23. The van der Waals surface area contributed by atoms with Crippen LogP contribution in [0.3, 0.4) is 0 Å². The number of ketones is 1. The fourth-order valence-electron chi connectivity index (χ4n) is 2.56. The van der Waals surface area contributed by atoms with Gasteiger partial charge in [0.15, 0.2) is 11.9 Å². The lowest BCUT2D eigenvalue weighted by Gasteiger charge is -2.16. The minimum absolute atomic E-state index is 0.124. The van der Waals surface area contributed by atoms with E-state index in [1.165, 1.54) is 6.07 Å². The van der Waals surface area contributed by atoms with E-state index in [0.29, 0.717) is 21.4 Å². The fraction of sp³-hybridized carbons (Fsp3) is 0.263. The summed E-state index contributed by atoms with van der Waals surface area (Å²) in [7, 11) is -3.61. The van der Waals surface area contributed by atoms with E-state index in [-0.39, 0.29) is 19.2 Å². The van der Waals surface area contributed by atoms with Crippen molar-refractivity contribution in [3.63, 3.8) is 0 Å². The number of carboxylic acid groups (broad SMARTS) is 1. The average molecular weight is 446 g/mol. The molecule has 9 heteroatoms. The minimum Gasteiger partial charge on any atom is -0.489 e. The number of ether oxygens (including phenoxy) is 1. The van der Waals surface area contributed by atoms with Gasteiger partial charge in [-0.25, -0.2) is 9.79 Å². The van der Waals surface area contributed by atoms with E-state index in [9.17, 15) is 19.4 Å². The maximum atomic E-state index is 11.6. The number of carboxylic acids is 1. The molecule has 3 N–H and O–H groups in total. The number of aliphatic carboxylic acids is 1. The maximum absolute atomic E-state index is 11.6. The molecule has 0 amide bonds. The molecule has 0 spiro atoms. The van der Waals surface area contributed by atoms with E-state index < -0.39 is 32.1 Å². The number of carbonyl (C=O) groups excluding carboxylic acids is 1. The summed E-state index contributed by atoms with van der Waals surface area (Å²) >= 11 is 12.3. The van der Waals surface area contributed by atoms with Crippen LogP contribution in [0, 0.1) is 0 Å². The smallest absolute Gasteiger partial charge is 0.311 e. The van der Waals surface area contributed by atoms with Gasteiger partial charge >= 0.3 is 5.97 Å². The predicted octanol–water partition coefficient (Wildman–Crippen LogP) is 3.99. The lowest BCUT2D eigenvalue weighted by molar-refractivity contribution is -0.139. The summed E-state index contributed by atoms with van der Waals surface area (Å²) in [6.07, 6.45) is -1.30. The second kappa shape index (κ2) is 10.2. The van der Waals surface area contributed by atoms with E-state index >= 15 is 0 Å².